The third-order valence-electron chi connectivity index (χ3n) is 2.34. The minimum absolute atomic E-state index is 0.131. The predicted octanol–water partition coefficient (Wildman–Crippen LogP) is 3.77. The number of benzene rings is 1. The molecule has 0 spiro atoms. The second-order valence-corrected chi connectivity index (χ2v) is 7.12. The number of carbonyl (C=O) groups is 1. The van der Waals surface area contributed by atoms with Crippen LogP contribution in [0.4, 0.5) is 15.2 Å². The molecule has 0 aliphatic heterocycles. The second-order valence-electron chi connectivity index (χ2n) is 4.00. The number of thioether (sulfide) groups is 1. The summed E-state index contributed by atoms with van der Waals surface area (Å²) in [6.45, 7) is 4.20. The normalized spacial score (nSPS) is 10.3. The summed E-state index contributed by atoms with van der Waals surface area (Å²) in [6, 6.07) is 4.46. The Hall–Kier alpha value is -1.45. The Balaban J connectivity index is 1.84. The SMILES string of the molecule is C=CCNc1nnc(SCC(=O)Nc2ccc(Br)cc2F)s1. The van der Waals surface area contributed by atoms with Crippen LogP contribution in [0.25, 0.3) is 0 Å². The summed E-state index contributed by atoms with van der Waals surface area (Å²) in [6.07, 6.45) is 1.72. The Morgan fingerprint density at radius 1 is 1.50 bits per heavy atom. The van der Waals surface area contributed by atoms with Gasteiger partial charge in [0.25, 0.3) is 0 Å². The summed E-state index contributed by atoms with van der Waals surface area (Å²) in [5, 5.41) is 14.1. The average Bonchev–Trinajstić information content (AvgIpc) is 2.94. The van der Waals surface area contributed by atoms with Gasteiger partial charge in [-0.3, -0.25) is 4.79 Å². The van der Waals surface area contributed by atoms with E-state index in [0.717, 1.165) is 0 Å². The predicted molar refractivity (Wildman–Crippen MR) is 92.0 cm³/mol. The van der Waals surface area contributed by atoms with Gasteiger partial charge in [-0.2, -0.15) is 0 Å². The zero-order valence-electron chi connectivity index (χ0n) is 11.3. The fourth-order valence-electron chi connectivity index (χ4n) is 1.40. The first-order valence-electron chi connectivity index (χ1n) is 6.14. The summed E-state index contributed by atoms with van der Waals surface area (Å²) < 4.78 is 14.9. The third-order valence-corrected chi connectivity index (χ3v) is 4.84. The number of rotatable bonds is 7. The van der Waals surface area contributed by atoms with Gasteiger partial charge in [-0.15, -0.1) is 16.8 Å². The molecule has 0 unspecified atom stereocenters. The first-order chi connectivity index (χ1) is 10.6. The maximum absolute atomic E-state index is 13.6. The highest BCUT2D eigenvalue weighted by molar-refractivity contribution is 9.10. The van der Waals surface area contributed by atoms with Crippen molar-refractivity contribution in [2.75, 3.05) is 22.9 Å². The Bertz CT molecular complexity index is 680. The van der Waals surface area contributed by atoms with Crippen LogP contribution in [0.2, 0.25) is 0 Å². The molecule has 2 N–H and O–H groups in total. The van der Waals surface area contributed by atoms with Crippen LogP contribution in [0.15, 0.2) is 39.7 Å². The van der Waals surface area contributed by atoms with E-state index in [1.807, 2.05) is 0 Å². The van der Waals surface area contributed by atoms with Crippen molar-refractivity contribution in [1.82, 2.24) is 10.2 Å². The van der Waals surface area contributed by atoms with Crippen LogP contribution >= 0.6 is 39.0 Å². The molecular formula is C13H12BrFN4OS2. The number of aromatic nitrogens is 2. The zero-order valence-corrected chi connectivity index (χ0v) is 14.5. The molecule has 0 atom stereocenters. The van der Waals surface area contributed by atoms with Gasteiger partial charge in [-0.25, -0.2) is 4.39 Å². The maximum atomic E-state index is 13.6. The van der Waals surface area contributed by atoms with E-state index in [1.165, 1.54) is 35.2 Å². The molecule has 116 valence electrons. The highest BCUT2D eigenvalue weighted by Gasteiger charge is 2.10. The fourth-order valence-corrected chi connectivity index (χ4v) is 3.30. The largest absolute Gasteiger partial charge is 0.357 e. The molecule has 5 nitrogen and oxygen atoms in total. The lowest BCUT2D eigenvalue weighted by atomic mass is 10.3. The molecule has 2 rings (SSSR count). The molecule has 0 fully saturated rings. The lowest BCUT2D eigenvalue weighted by Crippen LogP contribution is -2.14. The molecule has 2 aromatic rings. The summed E-state index contributed by atoms with van der Waals surface area (Å²) in [4.78, 5) is 11.8. The van der Waals surface area contributed by atoms with Crippen molar-refractivity contribution in [1.29, 1.82) is 0 Å². The highest BCUT2D eigenvalue weighted by Crippen LogP contribution is 2.26. The lowest BCUT2D eigenvalue weighted by Gasteiger charge is -2.05. The smallest absolute Gasteiger partial charge is 0.234 e. The molecule has 1 heterocycles. The number of hydrogen-bond acceptors (Lipinski definition) is 6. The number of carbonyl (C=O) groups excluding carboxylic acids is 1. The van der Waals surface area contributed by atoms with Crippen LogP contribution in [0.3, 0.4) is 0 Å². The quantitative estimate of drug-likeness (QED) is 0.544. The molecule has 1 aromatic heterocycles. The van der Waals surface area contributed by atoms with Crippen molar-refractivity contribution in [3.05, 3.63) is 41.1 Å². The number of amides is 1. The first kappa shape index (κ1) is 16.9. The number of anilines is 2. The van der Waals surface area contributed by atoms with Gasteiger partial charge in [0.15, 0.2) is 4.34 Å². The van der Waals surface area contributed by atoms with Crippen LogP contribution in [0.5, 0.6) is 0 Å². The number of halogens is 2. The molecule has 0 aliphatic carbocycles. The monoisotopic (exact) mass is 402 g/mol. The molecule has 0 bridgehead atoms. The van der Waals surface area contributed by atoms with Crippen molar-refractivity contribution in [2.24, 2.45) is 0 Å². The van der Waals surface area contributed by atoms with Crippen LogP contribution in [0, 0.1) is 5.82 Å². The van der Waals surface area contributed by atoms with Crippen molar-refractivity contribution in [2.45, 2.75) is 4.34 Å². The standard InChI is InChI=1S/C13H12BrFN4OS2/c1-2-5-16-12-18-19-13(22-12)21-7-11(20)17-10-4-3-8(14)6-9(10)15/h2-4,6H,1,5,7H2,(H,16,18)(H,17,20). The van der Waals surface area contributed by atoms with E-state index in [2.05, 4.69) is 43.3 Å². The van der Waals surface area contributed by atoms with Crippen LogP contribution < -0.4 is 10.6 Å². The first-order valence-corrected chi connectivity index (χ1v) is 8.74. The van der Waals surface area contributed by atoms with Gasteiger partial charge in [-0.05, 0) is 18.2 Å². The Kier molecular flexibility index (Phi) is 6.34. The molecule has 0 aliphatic rings. The van der Waals surface area contributed by atoms with Gasteiger partial charge in [0, 0.05) is 11.0 Å². The van der Waals surface area contributed by atoms with E-state index < -0.39 is 5.82 Å². The van der Waals surface area contributed by atoms with Gasteiger partial charge in [0.1, 0.15) is 5.82 Å². The number of nitrogens with zero attached hydrogens (tertiary/aromatic N) is 2. The van der Waals surface area contributed by atoms with Gasteiger partial charge >= 0.3 is 0 Å². The van der Waals surface area contributed by atoms with E-state index in [9.17, 15) is 9.18 Å². The maximum Gasteiger partial charge on any atom is 0.234 e. The summed E-state index contributed by atoms with van der Waals surface area (Å²) in [5.74, 6) is -0.660. The van der Waals surface area contributed by atoms with Crippen molar-refractivity contribution < 1.29 is 9.18 Å². The van der Waals surface area contributed by atoms with E-state index in [1.54, 1.807) is 12.1 Å². The van der Waals surface area contributed by atoms with Gasteiger partial charge < -0.3 is 10.6 Å². The molecule has 1 amide bonds. The van der Waals surface area contributed by atoms with Crippen molar-refractivity contribution in [3.63, 3.8) is 0 Å². The van der Waals surface area contributed by atoms with E-state index >= 15 is 0 Å². The second kappa shape index (κ2) is 8.25. The van der Waals surface area contributed by atoms with Crippen molar-refractivity contribution >= 4 is 55.8 Å². The highest BCUT2D eigenvalue weighted by atomic mass is 79.9. The number of hydrogen-bond donors (Lipinski definition) is 2. The topological polar surface area (TPSA) is 66.9 Å². The van der Waals surface area contributed by atoms with E-state index in [-0.39, 0.29) is 17.3 Å². The Morgan fingerprint density at radius 2 is 2.32 bits per heavy atom. The molecule has 22 heavy (non-hydrogen) atoms. The summed E-state index contributed by atoms with van der Waals surface area (Å²) in [7, 11) is 0. The lowest BCUT2D eigenvalue weighted by molar-refractivity contribution is -0.113. The fraction of sp³-hybridized carbons (Fsp3) is 0.154. The van der Waals surface area contributed by atoms with Crippen LogP contribution in [-0.4, -0.2) is 28.4 Å². The Morgan fingerprint density at radius 3 is 3.05 bits per heavy atom. The van der Waals surface area contributed by atoms with E-state index in [4.69, 9.17) is 0 Å². The van der Waals surface area contributed by atoms with Crippen LogP contribution in [0.1, 0.15) is 0 Å². The molecule has 1 aromatic carbocycles. The molecule has 0 saturated heterocycles. The molecule has 0 saturated carbocycles. The zero-order chi connectivity index (χ0) is 15.9. The summed E-state index contributed by atoms with van der Waals surface area (Å²) in [5.41, 5.74) is 0.152. The minimum atomic E-state index is -0.487. The molecule has 0 radical (unpaired) electrons. The van der Waals surface area contributed by atoms with E-state index in [0.29, 0.717) is 20.5 Å². The van der Waals surface area contributed by atoms with Gasteiger partial charge in [0.05, 0.1) is 11.4 Å². The molecule has 9 heteroatoms. The van der Waals surface area contributed by atoms with Crippen LogP contribution in [-0.2, 0) is 4.79 Å². The summed E-state index contributed by atoms with van der Waals surface area (Å²) >= 11 is 5.76. The molecular weight excluding hydrogens is 391 g/mol. The average molecular weight is 403 g/mol. The third kappa shape index (κ3) is 5.08. The minimum Gasteiger partial charge on any atom is -0.357 e. The van der Waals surface area contributed by atoms with Gasteiger partial charge in [0.2, 0.25) is 11.0 Å². The van der Waals surface area contributed by atoms with Gasteiger partial charge in [-0.1, -0.05) is 45.1 Å². The Labute approximate surface area is 143 Å². The number of nitrogens with one attached hydrogen (secondary N) is 2. The van der Waals surface area contributed by atoms with Crippen molar-refractivity contribution in [3.8, 4) is 0 Å².